The zero-order valence-electron chi connectivity index (χ0n) is 33.0. The van der Waals surface area contributed by atoms with Gasteiger partial charge in [-0.05, 0) is 71.4 Å². The van der Waals surface area contributed by atoms with Crippen molar-refractivity contribution < 1.29 is 59.4 Å². The summed E-state index contributed by atoms with van der Waals surface area (Å²) in [5, 5.41) is 74.4. The molecule has 3 amide bonds. The van der Waals surface area contributed by atoms with Crippen LogP contribution in [-0.4, -0.2) is 130 Å². The Morgan fingerprint density at radius 3 is 2.32 bits per heavy atom. The minimum absolute atomic E-state index is 0.0387. The maximum atomic E-state index is 13.6. The van der Waals surface area contributed by atoms with Crippen LogP contribution in [-0.2, 0) is 28.8 Å². The molecule has 19 heteroatoms. The third-order valence-electron chi connectivity index (χ3n) is 10.4. The summed E-state index contributed by atoms with van der Waals surface area (Å²) in [4.78, 5) is 80.0. The smallest absolute Gasteiger partial charge is 0.322 e. The minimum Gasteiger partial charge on any atom is -0.480 e. The minimum atomic E-state index is -1.81. The lowest BCUT2D eigenvalue weighted by molar-refractivity contribution is -0.151. The molecule has 1 aliphatic heterocycles. The first-order valence-corrected chi connectivity index (χ1v) is 20.3. The Kier molecular flexibility index (Phi) is 18.1. The van der Waals surface area contributed by atoms with Crippen LogP contribution in [0.1, 0.15) is 97.2 Å². The zero-order chi connectivity index (χ0) is 42.8. The topological polar surface area (TPSA) is 299 Å². The molecule has 56 heavy (non-hydrogen) atoms. The third kappa shape index (κ3) is 14.2. The first-order chi connectivity index (χ1) is 25.8. The van der Waals surface area contributed by atoms with Gasteiger partial charge in [0.25, 0.3) is 0 Å². The number of carbonyl (C=O) groups excluding carboxylic acids is 4. The fourth-order valence-corrected chi connectivity index (χ4v) is 8.36. The average molecular weight is 830 g/mol. The van der Waals surface area contributed by atoms with Gasteiger partial charge in [0.1, 0.15) is 24.4 Å². The molecule has 0 aliphatic carbocycles. The molecular weight excluding hydrogens is 771 g/mol. The van der Waals surface area contributed by atoms with Gasteiger partial charge >= 0.3 is 11.9 Å². The predicted molar refractivity (Wildman–Crippen MR) is 210 cm³/mol. The van der Waals surface area contributed by atoms with Crippen molar-refractivity contribution in [2.24, 2.45) is 17.1 Å². The molecule has 316 valence electrons. The van der Waals surface area contributed by atoms with E-state index in [2.05, 4.69) is 20.9 Å². The number of rotatable bonds is 13. The van der Waals surface area contributed by atoms with Gasteiger partial charge in [0.15, 0.2) is 0 Å². The molecule has 9 unspecified atom stereocenters. The summed E-state index contributed by atoms with van der Waals surface area (Å²) >= 11 is 2.49. The van der Waals surface area contributed by atoms with Crippen LogP contribution in [0.15, 0.2) is 11.0 Å². The van der Waals surface area contributed by atoms with Crippen molar-refractivity contribution in [2.45, 2.75) is 140 Å². The van der Waals surface area contributed by atoms with Crippen molar-refractivity contribution in [1.29, 1.82) is 0 Å². The largest absolute Gasteiger partial charge is 0.480 e. The van der Waals surface area contributed by atoms with Crippen molar-refractivity contribution in [1.82, 2.24) is 20.9 Å². The highest BCUT2D eigenvalue weighted by Gasteiger charge is 2.46. The molecule has 0 spiro atoms. The number of thioether (sulfide) groups is 1. The molecule has 1 aliphatic rings. The zero-order valence-corrected chi connectivity index (χ0v) is 34.7. The summed E-state index contributed by atoms with van der Waals surface area (Å²) in [6.45, 7) is 10.3. The van der Waals surface area contributed by atoms with E-state index in [0.29, 0.717) is 11.3 Å². The van der Waals surface area contributed by atoms with Gasteiger partial charge in [-0.1, -0.05) is 20.8 Å². The van der Waals surface area contributed by atoms with Gasteiger partial charge in [0, 0.05) is 28.2 Å². The molecule has 1 fully saturated rings. The van der Waals surface area contributed by atoms with E-state index in [0.717, 1.165) is 16.8 Å². The highest BCUT2D eigenvalue weighted by molar-refractivity contribution is 8.00. The number of aliphatic hydroxyl groups excluding tert-OH is 3. The van der Waals surface area contributed by atoms with Crippen molar-refractivity contribution in [2.75, 3.05) is 12.3 Å². The van der Waals surface area contributed by atoms with E-state index in [-0.39, 0.29) is 44.3 Å². The maximum Gasteiger partial charge on any atom is 0.322 e. The number of thiazole rings is 1. The molecule has 2 heterocycles. The number of aliphatic hydroxyl groups is 4. The molecule has 9 atom stereocenters. The third-order valence-corrected chi connectivity index (χ3v) is 12.9. The monoisotopic (exact) mass is 829 g/mol. The van der Waals surface area contributed by atoms with E-state index in [4.69, 9.17) is 15.9 Å². The van der Waals surface area contributed by atoms with Crippen molar-refractivity contribution >= 4 is 64.6 Å². The molecule has 0 saturated carbocycles. The number of carboxylic acid groups (broad SMARTS) is 2. The molecule has 0 bridgehead atoms. The number of hydrogen-bond donors (Lipinski definition) is 10. The molecule has 1 aromatic rings. The number of ketones is 1. The molecule has 17 nitrogen and oxygen atoms in total. The summed E-state index contributed by atoms with van der Waals surface area (Å²) < 4.78 is -1.19. The molecule has 0 aromatic carbocycles. The lowest BCUT2D eigenvalue weighted by Gasteiger charge is -2.40. The number of nitrogens with two attached hydrogens (primary N) is 1. The van der Waals surface area contributed by atoms with Gasteiger partial charge in [-0.3, -0.25) is 28.8 Å². The second kappa shape index (κ2) is 20.8. The van der Waals surface area contributed by atoms with Gasteiger partial charge in [0.2, 0.25) is 17.7 Å². The predicted octanol–water partition coefficient (Wildman–Crippen LogP) is 0.738. The fourth-order valence-electron chi connectivity index (χ4n) is 6.43. The number of aliphatic carboxylic acids is 2. The van der Waals surface area contributed by atoms with Crippen molar-refractivity contribution in [3.05, 3.63) is 21.7 Å². The van der Waals surface area contributed by atoms with Crippen LogP contribution in [0, 0.1) is 18.3 Å². The normalized spacial score (nSPS) is 29.4. The highest BCUT2D eigenvalue weighted by atomic mass is 32.2. The Hall–Kier alpha value is -3.46. The molecule has 0 radical (unpaired) electrons. The number of nitrogens with one attached hydrogen (secondary N) is 3. The van der Waals surface area contributed by atoms with Gasteiger partial charge < -0.3 is 52.3 Å². The van der Waals surface area contributed by atoms with E-state index in [1.165, 1.54) is 39.0 Å². The Balaban J connectivity index is 2.58. The number of amides is 3. The average Bonchev–Trinajstić information content (AvgIpc) is 3.52. The van der Waals surface area contributed by atoms with Crippen molar-refractivity contribution in [3.8, 4) is 0 Å². The SMILES string of the molecule is C/C(=C/c1csc(C)n1)C1CC(O)C(C)(SCC(NC(=O)CCC(N)C(=O)O)C(=O)NCC(=O)O)CCCC(C)(O)C(O)C(C)C(=O)C(C)(C)C(O)CC(=O)N1. The van der Waals surface area contributed by atoms with Crippen LogP contribution in [0.25, 0.3) is 6.08 Å². The van der Waals surface area contributed by atoms with Crippen LogP contribution in [0.5, 0.6) is 0 Å². The lowest BCUT2D eigenvalue weighted by Crippen LogP contribution is -2.52. The van der Waals surface area contributed by atoms with Gasteiger partial charge in [-0.25, -0.2) is 4.98 Å². The van der Waals surface area contributed by atoms with Crippen LogP contribution in [0.3, 0.4) is 0 Å². The number of nitrogens with zero attached hydrogens (tertiary/aromatic N) is 1. The first-order valence-electron chi connectivity index (χ1n) is 18.4. The Bertz CT molecular complexity index is 1600. The second-order valence-electron chi connectivity index (χ2n) is 15.6. The lowest BCUT2D eigenvalue weighted by atomic mass is 9.71. The molecule has 11 N–H and O–H groups in total. The summed E-state index contributed by atoms with van der Waals surface area (Å²) in [6, 6.07) is -3.50. The van der Waals surface area contributed by atoms with Crippen LogP contribution < -0.4 is 21.7 Å². The van der Waals surface area contributed by atoms with E-state index in [1.807, 2.05) is 12.3 Å². The molecule has 1 aromatic heterocycles. The summed E-state index contributed by atoms with van der Waals surface area (Å²) in [6.07, 6.45) is -3.43. The summed E-state index contributed by atoms with van der Waals surface area (Å²) in [5.74, 6) is -6.76. The van der Waals surface area contributed by atoms with Crippen molar-refractivity contribution in [3.63, 3.8) is 0 Å². The quantitative estimate of drug-likeness (QED) is 0.131. The number of carboxylic acids is 2. The number of aryl methyl sites for hydroxylation is 1. The highest BCUT2D eigenvalue weighted by Crippen LogP contribution is 2.39. The Morgan fingerprint density at radius 2 is 1.75 bits per heavy atom. The van der Waals surface area contributed by atoms with E-state index >= 15 is 0 Å². The van der Waals surface area contributed by atoms with Gasteiger partial charge in [-0.15, -0.1) is 11.3 Å². The number of carbonyl (C=O) groups is 6. The fraction of sp³-hybridized carbons (Fsp3) is 0.703. The number of Topliss-reactive ketones (excluding diaryl/α,β-unsaturated/α-hetero) is 1. The van der Waals surface area contributed by atoms with Crippen LogP contribution >= 0.6 is 23.1 Å². The van der Waals surface area contributed by atoms with E-state index in [1.54, 1.807) is 19.9 Å². The number of aromatic nitrogens is 1. The molecule has 2 rings (SSSR count). The maximum absolute atomic E-state index is 13.6. The standard InChI is InChI=1S/C37H59N5O12S2/c1-19(13-22-17-55-21(3)40-22)24-14-27(44)37(7,56-18-25(33(51)39-16-30(47)48)42-28(45)10-9-23(38)34(52)53)12-8-11-36(6,54)32(50)20(2)31(49)35(4,5)26(43)15-29(46)41-24/h13,17,20,23-27,32,43-44,50,54H,8-12,14-16,18,38H2,1-7H3,(H,39,51)(H,41,46)(H,42,45)(H,47,48)(H,52,53)/b19-13-. The van der Waals surface area contributed by atoms with Crippen LogP contribution in [0.4, 0.5) is 0 Å². The summed E-state index contributed by atoms with van der Waals surface area (Å²) in [5.41, 5.74) is 3.47. The molecule has 1 saturated heterocycles. The van der Waals surface area contributed by atoms with Gasteiger partial charge in [-0.2, -0.15) is 11.8 Å². The Labute approximate surface area is 335 Å². The second-order valence-corrected chi connectivity index (χ2v) is 18.3. The summed E-state index contributed by atoms with van der Waals surface area (Å²) in [7, 11) is 0. The number of hydrogen-bond acceptors (Lipinski definition) is 14. The first kappa shape index (κ1) is 48.7. The van der Waals surface area contributed by atoms with Crippen LogP contribution in [0.2, 0.25) is 0 Å². The van der Waals surface area contributed by atoms with Gasteiger partial charge in [0.05, 0.1) is 52.5 Å². The van der Waals surface area contributed by atoms with E-state index in [9.17, 15) is 49.2 Å². The van der Waals surface area contributed by atoms with E-state index < -0.39 is 107 Å². The Morgan fingerprint density at radius 1 is 1.11 bits per heavy atom. The molecular formula is C37H59N5O12S2.